The maximum absolute atomic E-state index is 12.5. The molecule has 2 fully saturated rings. The van der Waals surface area contributed by atoms with Gasteiger partial charge in [0.2, 0.25) is 11.8 Å². The Labute approximate surface area is 178 Å². The van der Waals surface area contributed by atoms with Gasteiger partial charge in [0.1, 0.15) is 0 Å². The fraction of sp³-hybridized carbons (Fsp3) is 0.636. The molecule has 0 N–H and O–H groups in total. The van der Waals surface area contributed by atoms with E-state index in [1.165, 1.54) is 0 Å². The van der Waals surface area contributed by atoms with Gasteiger partial charge in [-0.25, -0.2) is 0 Å². The molecular formula is C22H33N3O5. The second-order valence-electron chi connectivity index (χ2n) is 7.48. The Kier molecular flexibility index (Phi) is 8.77. The molecule has 2 saturated heterocycles. The van der Waals surface area contributed by atoms with E-state index in [-0.39, 0.29) is 11.8 Å². The Hall–Kier alpha value is -2.32. The molecule has 0 saturated carbocycles. The lowest BCUT2D eigenvalue weighted by molar-refractivity contribution is -0.140. The van der Waals surface area contributed by atoms with Gasteiger partial charge in [0.25, 0.3) is 0 Å². The summed E-state index contributed by atoms with van der Waals surface area (Å²) in [5, 5.41) is 0. The zero-order chi connectivity index (χ0) is 21.2. The van der Waals surface area contributed by atoms with Crippen LogP contribution < -0.4 is 9.47 Å². The number of ether oxygens (including phenoxy) is 3. The lowest BCUT2D eigenvalue weighted by Crippen LogP contribution is -2.53. The van der Waals surface area contributed by atoms with Gasteiger partial charge in [-0.05, 0) is 25.5 Å². The Morgan fingerprint density at radius 3 is 2.13 bits per heavy atom. The lowest BCUT2D eigenvalue weighted by Gasteiger charge is -2.36. The van der Waals surface area contributed by atoms with Gasteiger partial charge in [0.15, 0.2) is 11.5 Å². The molecule has 8 nitrogen and oxygen atoms in total. The van der Waals surface area contributed by atoms with Crippen LogP contribution in [0.4, 0.5) is 0 Å². The first-order valence-corrected chi connectivity index (χ1v) is 10.9. The number of hydrogen-bond donors (Lipinski definition) is 0. The fourth-order valence-electron chi connectivity index (χ4n) is 3.66. The number of benzene rings is 1. The lowest BCUT2D eigenvalue weighted by atomic mass is 10.2. The van der Waals surface area contributed by atoms with Gasteiger partial charge in [0, 0.05) is 45.7 Å². The minimum Gasteiger partial charge on any atom is -0.490 e. The number of carbonyl (C=O) groups excluding carboxylic acids is 2. The van der Waals surface area contributed by atoms with E-state index in [2.05, 4.69) is 4.90 Å². The SMILES string of the molecule is CCOc1ccccc1OCCCC(=O)N1CCN(C(=O)CN2CCOCC2)CC1. The number of carbonyl (C=O) groups is 2. The minimum absolute atomic E-state index is 0.122. The maximum atomic E-state index is 12.5. The van der Waals surface area contributed by atoms with Gasteiger partial charge in [-0.1, -0.05) is 12.1 Å². The van der Waals surface area contributed by atoms with Crippen LogP contribution in [0.5, 0.6) is 11.5 Å². The Morgan fingerprint density at radius 2 is 1.50 bits per heavy atom. The van der Waals surface area contributed by atoms with Crippen LogP contribution in [-0.4, -0.2) is 98.8 Å². The van der Waals surface area contributed by atoms with E-state index in [1.807, 2.05) is 41.0 Å². The van der Waals surface area contributed by atoms with Crippen molar-refractivity contribution < 1.29 is 23.8 Å². The van der Waals surface area contributed by atoms with Crippen molar-refractivity contribution in [2.75, 3.05) is 72.2 Å². The molecule has 0 aliphatic carbocycles. The van der Waals surface area contributed by atoms with Crippen molar-refractivity contribution in [3.63, 3.8) is 0 Å². The summed E-state index contributed by atoms with van der Waals surface area (Å²) < 4.78 is 16.7. The van der Waals surface area contributed by atoms with Crippen LogP contribution in [0.3, 0.4) is 0 Å². The van der Waals surface area contributed by atoms with Crippen molar-refractivity contribution in [3.8, 4) is 11.5 Å². The molecule has 2 amide bonds. The minimum atomic E-state index is 0.122. The van der Waals surface area contributed by atoms with Crippen LogP contribution in [0.15, 0.2) is 24.3 Å². The molecule has 0 bridgehead atoms. The molecule has 166 valence electrons. The topological polar surface area (TPSA) is 71.6 Å². The van der Waals surface area contributed by atoms with Crippen LogP contribution >= 0.6 is 0 Å². The average molecular weight is 420 g/mol. The molecule has 8 heteroatoms. The Balaban J connectivity index is 1.33. The summed E-state index contributed by atoms with van der Waals surface area (Å²) in [5.41, 5.74) is 0. The Bertz CT molecular complexity index is 685. The third-order valence-electron chi connectivity index (χ3n) is 5.39. The zero-order valence-corrected chi connectivity index (χ0v) is 17.9. The summed E-state index contributed by atoms with van der Waals surface area (Å²) in [6.07, 6.45) is 1.09. The van der Waals surface area contributed by atoms with Gasteiger partial charge < -0.3 is 24.0 Å². The number of amides is 2. The van der Waals surface area contributed by atoms with Gasteiger partial charge >= 0.3 is 0 Å². The normalized spacial score (nSPS) is 17.6. The molecule has 30 heavy (non-hydrogen) atoms. The zero-order valence-electron chi connectivity index (χ0n) is 17.9. The maximum Gasteiger partial charge on any atom is 0.236 e. The second-order valence-corrected chi connectivity index (χ2v) is 7.48. The molecule has 0 atom stereocenters. The number of hydrogen-bond acceptors (Lipinski definition) is 6. The largest absolute Gasteiger partial charge is 0.490 e. The number of rotatable bonds is 9. The molecular weight excluding hydrogens is 386 g/mol. The van der Waals surface area contributed by atoms with Crippen LogP contribution in [0.1, 0.15) is 19.8 Å². The third kappa shape index (κ3) is 6.60. The molecule has 1 aromatic rings. The molecule has 1 aromatic carbocycles. The van der Waals surface area contributed by atoms with Crippen molar-refractivity contribution in [3.05, 3.63) is 24.3 Å². The smallest absolute Gasteiger partial charge is 0.236 e. The molecule has 2 aliphatic rings. The standard InChI is InChI=1S/C22H33N3O5/c1-2-29-19-6-3-4-7-20(19)30-15-5-8-21(26)24-9-11-25(12-10-24)22(27)18-23-13-16-28-17-14-23/h3-4,6-7H,2,5,8-18H2,1H3. The number of para-hydroxylation sites is 2. The quantitative estimate of drug-likeness (QED) is 0.561. The van der Waals surface area contributed by atoms with Crippen molar-refractivity contribution >= 4 is 11.8 Å². The first-order chi connectivity index (χ1) is 14.7. The van der Waals surface area contributed by atoms with E-state index in [9.17, 15) is 9.59 Å². The molecule has 3 rings (SSSR count). The van der Waals surface area contributed by atoms with E-state index in [0.717, 1.165) is 18.8 Å². The Morgan fingerprint density at radius 1 is 0.900 bits per heavy atom. The average Bonchev–Trinajstić information content (AvgIpc) is 2.78. The van der Waals surface area contributed by atoms with Crippen molar-refractivity contribution in [2.45, 2.75) is 19.8 Å². The van der Waals surface area contributed by atoms with Crippen LogP contribution in [0.25, 0.3) is 0 Å². The molecule has 2 aliphatic heterocycles. The monoisotopic (exact) mass is 419 g/mol. The summed E-state index contributed by atoms with van der Waals surface area (Å²) in [6, 6.07) is 7.57. The highest BCUT2D eigenvalue weighted by Gasteiger charge is 2.25. The van der Waals surface area contributed by atoms with E-state index >= 15 is 0 Å². The van der Waals surface area contributed by atoms with Gasteiger partial charge in [0.05, 0.1) is 33.0 Å². The van der Waals surface area contributed by atoms with E-state index in [4.69, 9.17) is 14.2 Å². The highest BCUT2D eigenvalue weighted by molar-refractivity contribution is 5.79. The predicted octanol–water partition coefficient (Wildman–Crippen LogP) is 1.25. The molecule has 0 unspecified atom stereocenters. The van der Waals surface area contributed by atoms with Gasteiger partial charge in [-0.15, -0.1) is 0 Å². The molecule has 2 heterocycles. The predicted molar refractivity (Wildman–Crippen MR) is 113 cm³/mol. The number of piperazine rings is 1. The number of nitrogens with zero attached hydrogens (tertiary/aromatic N) is 3. The van der Waals surface area contributed by atoms with Gasteiger partial charge in [-0.2, -0.15) is 0 Å². The van der Waals surface area contributed by atoms with Crippen molar-refractivity contribution in [1.82, 2.24) is 14.7 Å². The van der Waals surface area contributed by atoms with E-state index in [1.54, 1.807) is 0 Å². The van der Waals surface area contributed by atoms with Crippen LogP contribution in [0.2, 0.25) is 0 Å². The summed E-state index contributed by atoms with van der Waals surface area (Å²) in [7, 11) is 0. The molecule has 0 radical (unpaired) electrons. The highest BCUT2D eigenvalue weighted by atomic mass is 16.5. The van der Waals surface area contributed by atoms with E-state index < -0.39 is 0 Å². The molecule has 0 aromatic heterocycles. The summed E-state index contributed by atoms with van der Waals surface area (Å²) in [6.45, 7) is 8.83. The highest BCUT2D eigenvalue weighted by Crippen LogP contribution is 2.26. The van der Waals surface area contributed by atoms with Crippen LogP contribution in [-0.2, 0) is 14.3 Å². The van der Waals surface area contributed by atoms with Crippen molar-refractivity contribution in [2.24, 2.45) is 0 Å². The fourth-order valence-corrected chi connectivity index (χ4v) is 3.66. The van der Waals surface area contributed by atoms with Gasteiger partial charge in [-0.3, -0.25) is 14.5 Å². The van der Waals surface area contributed by atoms with Crippen molar-refractivity contribution in [1.29, 1.82) is 0 Å². The first kappa shape index (κ1) is 22.4. The molecule has 0 spiro atoms. The van der Waals surface area contributed by atoms with Crippen LogP contribution in [0, 0.1) is 0 Å². The summed E-state index contributed by atoms with van der Waals surface area (Å²) in [5.74, 6) is 1.70. The third-order valence-corrected chi connectivity index (χ3v) is 5.39. The first-order valence-electron chi connectivity index (χ1n) is 10.9. The summed E-state index contributed by atoms with van der Waals surface area (Å²) in [4.78, 5) is 30.8. The second kappa shape index (κ2) is 11.8. The number of morpholine rings is 1. The van der Waals surface area contributed by atoms with E-state index in [0.29, 0.717) is 77.7 Å². The summed E-state index contributed by atoms with van der Waals surface area (Å²) >= 11 is 0.